The molecule has 116 valence electrons. The zero-order valence-electron chi connectivity index (χ0n) is 11.7. The summed E-state index contributed by atoms with van der Waals surface area (Å²) < 4.78 is 24.5. The lowest BCUT2D eigenvalue weighted by Gasteiger charge is -2.15. The first-order valence-electron chi connectivity index (χ1n) is 6.57. The van der Waals surface area contributed by atoms with Crippen molar-refractivity contribution in [2.75, 3.05) is 0 Å². The van der Waals surface area contributed by atoms with Crippen LogP contribution in [0.25, 0.3) is 0 Å². The standard InChI is InChI=1S/C16H14ClF2NOS/c1-10(12-3-2-4-13(17)9-12)20-15(21)11-5-7-14(8-6-11)22-16(18)19/h2-10,16H,1H3,(H,20,21). The first kappa shape index (κ1) is 16.8. The van der Waals surface area contributed by atoms with Crippen LogP contribution >= 0.6 is 23.4 Å². The Labute approximate surface area is 136 Å². The molecule has 0 aliphatic carbocycles. The van der Waals surface area contributed by atoms with Crippen molar-refractivity contribution in [3.05, 3.63) is 64.7 Å². The molecule has 2 rings (SSSR count). The van der Waals surface area contributed by atoms with Crippen LogP contribution in [0.1, 0.15) is 28.9 Å². The van der Waals surface area contributed by atoms with Gasteiger partial charge in [0.25, 0.3) is 11.7 Å². The third kappa shape index (κ3) is 4.71. The van der Waals surface area contributed by atoms with Crippen molar-refractivity contribution in [3.63, 3.8) is 0 Å². The molecule has 0 aromatic heterocycles. The minimum absolute atomic E-state index is 0.207. The Morgan fingerprint density at radius 1 is 1.18 bits per heavy atom. The highest BCUT2D eigenvalue weighted by Crippen LogP contribution is 2.25. The van der Waals surface area contributed by atoms with Crippen LogP contribution in [0.15, 0.2) is 53.4 Å². The lowest BCUT2D eigenvalue weighted by Crippen LogP contribution is -2.26. The van der Waals surface area contributed by atoms with Crippen LogP contribution < -0.4 is 5.32 Å². The summed E-state index contributed by atoms with van der Waals surface area (Å²) in [5, 5.41) is 3.45. The van der Waals surface area contributed by atoms with Crippen molar-refractivity contribution in [1.82, 2.24) is 5.32 Å². The van der Waals surface area contributed by atoms with Gasteiger partial charge in [-0.1, -0.05) is 35.5 Å². The van der Waals surface area contributed by atoms with E-state index in [-0.39, 0.29) is 11.9 Å². The number of hydrogen-bond acceptors (Lipinski definition) is 2. The second-order valence-electron chi connectivity index (χ2n) is 4.65. The number of hydrogen-bond donors (Lipinski definition) is 1. The highest BCUT2D eigenvalue weighted by molar-refractivity contribution is 7.99. The molecule has 0 aliphatic heterocycles. The van der Waals surface area contributed by atoms with Gasteiger partial charge in [0.2, 0.25) is 0 Å². The average molecular weight is 342 g/mol. The Morgan fingerprint density at radius 3 is 2.45 bits per heavy atom. The monoisotopic (exact) mass is 341 g/mol. The summed E-state index contributed by atoms with van der Waals surface area (Å²) in [4.78, 5) is 12.6. The first-order valence-corrected chi connectivity index (χ1v) is 7.82. The zero-order chi connectivity index (χ0) is 16.1. The van der Waals surface area contributed by atoms with Gasteiger partial charge in [0.1, 0.15) is 0 Å². The molecule has 1 amide bonds. The van der Waals surface area contributed by atoms with Gasteiger partial charge in [0.15, 0.2) is 0 Å². The number of carbonyl (C=O) groups is 1. The molecule has 2 aromatic rings. The van der Waals surface area contributed by atoms with Gasteiger partial charge in [0.05, 0.1) is 6.04 Å². The predicted molar refractivity (Wildman–Crippen MR) is 85.6 cm³/mol. The largest absolute Gasteiger partial charge is 0.346 e. The maximum atomic E-state index is 12.2. The normalized spacial score (nSPS) is 12.2. The van der Waals surface area contributed by atoms with Crippen molar-refractivity contribution in [1.29, 1.82) is 0 Å². The molecule has 2 nitrogen and oxygen atoms in total. The number of alkyl halides is 2. The van der Waals surface area contributed by atoms with Crippen LogP contribution in [-0.4, -0.2) is 11.7 Å². The van der Waals surface area contributed by atoms with Gasteiger partial charge < -0.3 is 5.32 Å². The topological polar surface area (TPSA) is 29.1 Å². The van der Waals surface area contributed by atoms with Gasteiger partial charge in [-0.2, -0.15) is 8.78 Å². The van der Waals surface area contributed by atoms with Crippen molar-refractivity contribution >= 4 is 29.3 Å². The van der Waals surface area contributed by atoms with Gasteiger partial charge in [-0.25, -0.2) is 0 Å². The summed E-state index contributed by atoms with van der Waals surface area (Å²) >= 11 is 6.38. The minimum atomic E-state index is -2.47. The molecule has 0 spiro atoms. The molecule has 0 heterocycles. The van der Waals surface area contributed by atoms with Crippen molar-refractivity contribution in [3.8, 4) is 0 Å². The Hall–Kier alpha value is -1.59. The molecular formula is C16H14ClF2NOS. The molecule has 22 heavy (non-hydrogen) atoms. The van der Waals surface area contributed by atoms with E-state index in [2.05, 4.69) is 5.32 Å². The molecule has 0 bridgehead atoms. The maximum absolute atomic E-state index is 12.2. The molecule has 1 N–H and O–H groups in total. The van der Waals surface area contributed by atoms with Crippen LogP contribution in [-0.2, 0) is 0 Å². The van der Waals surface area contributed by atoms with E-state index in [1.165, 1.54) is 24.3 Å². The molecular weight excluding hydrogens is 328 g/mol. The van der Waals surface area contributed by atoms with E-state index in [4.69, 9.17) is 11.6 Å². The number of halogens is 3. The Kier molecular flexibility index (Phi) is 5.80. The summed E-state index contributed by atoms with van der Waals surface area (Å²) in [5.41, 5.74) is 1.32. The highest BCUT2D eigenvalue weighted by Gasteiger charge is 2.12. The fraction of sp³-hybridized carbons (Fsp3) is 0.188. The van der Waals surface area contributed by atoms with E-state index >= 15 is 0 Å². The summed E-state index contributed by atoms with van der Waals surface area (Å²) in [7, 11) is 0. The van der Waals surface area contributed by atoms with Crippen LogP contribution in [0.4, 0.5) is 8.78 Å². The van der Waals surface area contributed by atoms with E-state index in [1.54, 1.807) is 12.1 Å². The summed E-state index contributed by atoms with van der Waals surface area (Å²) in [5.74, 6) is -2.73. The molecule has 0 saturated heterocycles. The van der Waals surface area contributed by atoms with Crippen LogP contribution in [0, 0.1) is 0 Å². The Morgan fingerprint density at radius 2 is 1.86 bits per heavy atom. The number of thioether (sulfide) groups is 1. The first-order chi connectivity index (χ1) is 10.5. The SMILES string of the molecule is CC(NC(=O)c1ccc(SC(F)F)cc1)c1cccc(Cl)c1. The maximum Gasteiger partial charge on any atom is 0.288 e. The van der Waals surface area contributed by atoms with E-state index in [0.717, 1.165) is 5.56 Å². The molecule has 1 atom stereocenters. The second kappa shape index (κ2) is 7.61. The van der Waals surface area contributed by atoms with Gasteiger partial charge in [-0.05, 0) is 48.9 Å². The molecule has 1 unspecified atom stereocenters. The van der Waals surface area contributed by atoms with Crippen LogP contribution in [0.2, 0.25) is 5.02 Å². The zero-order valence-corrected chi connectivity index (χ0v) is 13.3. The second-order valence-corrected chi connectivity index (χ2v) is 6.15. The van der Waals surface area contributed by atoms with Gasteiger partial charge in [-0.15, -0.1) is 0 Å². The highest BCUT2D eigenvalue weighted by atomic mass is 35.5. The third-order valence-corrected chi connectivity index (χ3v) is 4.00. The number of carbonyl (C=O) groups excluding carboxylic acids is 1. The number of rotatable bonds is 5. The van der Waals surface area contributed by atoms with Gasteiger partial charge in [-0.3, -0.25) is 4.79 Å². The Bertz CT molecular complexity index is 649. The van der Waals surface area contributed by atoms with Crippen LogP contribution in [0.5, 0.6) is 0 Å². The molecule has 6 heteroatoms. The molecule has 2 aromatic carbocycles. The summed E-state index contributed by atoms with van der Waals surface area (Å²) in [6.07, 6.45) is 0. The lowest BCUT2D eigenvalue weighted by atomic mass is 10.1. The van der Waals surface area contributed by atoms with E-state index in [0.29, 0.717) is 27.2 Å². The molecule has 0 fully saturated rings. The fourth-order valence-corrected chi connectivity index (χ4v) is 2.62. The number of amides is 1. The molecule has 0 aliphatic rings. The molecule has 0 radical (unpaired) electrons. The quantitative estimate of drug-likeness (QED) is 0.762. The van der Waals surface area contributed by atoms with Crippen molar-refractivity contribution in [2.45, 2.75) is 23.6 Å². The van der Waals surface area contributed by atoms with E-state index in [1.807, 2.05) is 19.1 Å². The number of nitrogens with one attached hydrogen (secondary N) is 1. The van der Waals surface area contributed by atoms with Crippen LogP contribution in [0.3, 0.4) is 0 Å². The van der Waals surface area contributed by atoms with E-state index in [9.17, 15) is 13.6 Å². The minimum Gasteiger partial charge on any atom is -0.346 e. The van der Waals surface area contributed by atoms with Crippen molar-refractivity contribution < 1.29 is 13.6 Å². The predicted octanol–water partition coefficient (Wildman–Crippen LogP) is 5.15. The third-order valence-electron chi connectivity index (χ3n) is 3.04. The Balaban J connectivity index is 2.02. The fourth-order valence-electron chi connectivity index (χ4n) is 1.93. The van der Waals surface area contributed by atoms with Gasteiger partial charge in [0, 0.05) is 15.5 Å². The van der Waals surface area contributed by atoms with E-state index < -0.39 is 5.76 Å². The average Bonchev–Trinajstić information content (AvgIpc) is 2.47. The smallest absolute Gasteiger partial charge is 0.288 e. The summed E-state index contributed by atoms with van der Waals surface area (Å²) in [6, 6.07) is 13.1. The van der Waals surface area contributed by atoms with Gasteiger partial charge >= 0.3 is 0 Å². The summed E-state index contributed by atoms with van der Waals surface area (Å²) in [6.45, 7) is 1.85. The van der Waals surface area contributed by atoms with Crippen molar-refractivity contribution in [2.24, 2.45) is 0 Å². The number of benzene rings is 2. The molecule has 0 saturated carbocycles. The lowest BCUT2D eigenvalue weighted by molar-refractivity contribution is 0.0940.